The van der Waals surface area contributed by atoms with Crippen LogP contribution in [0, 0.1) is 6.92 Å². The largest absolute Gasteiger partial charge is 0.383 e. The SMILES string of the molecule is CC.COCC(C)NC(=O)c1cc(C(=S)/C=C\N(C)C)cc(-c2ccc(C)cc2)c1. The number of ether oxygens (including phenoxy) is 1. The normalized spacial score (nSPS) is 11.4. The van der Waals surface area contributed by atoms with Crippen molar-refractivity contribution in [3.8, 4) is 11.1 Å². The van der Waals surface area contributed by atoms with Crippen LogP contribution in [0.3, 0.4) is 0 Å². The van der Waals surface area contributed by atoms with Gasteiger partial charge < -0.3 is 15.0 Å². The lowest BCUT2D eigenvalue weighted by molar-refractivity contribution is 0.0905. The molecule has 1 atom stereocenters. The van der Waals surface area contributed by atoms with Crippen molar-refractivity contribution in [2.45, 2.75) is 33.7 Å². The first-order valence-corrected chi connectivity index (χ1v) is 10.6. The maximum atomic E-state index is 12.8. The molecule has 1 N–H and O–H groups in total. The summed E-state index contributed by atoms with van der Waals surface area (Å²) < 4.78 is 5.11. The van der Waals surface area contributed by atoms with E-state index in [2.05, 4.69) is 36.5 Å². The second-order valence-electron chi connectivity index (χ2n) is 7.14. The lowest BCUT2D eigenvalue weighted by Gasteiger charge is -2.15. The van der Waals surface area contributed by atoms with Gasteiger partial charge in [-0.2, -0.15) is 0 Å². The third-order valence-electron chi connectivity index (χ3n) is 4.18. The number of hydrogen-bond acceptors (Lipinski definition) is 4. The highest BCUT2D eigenvalue weighted by molar-refractivity contribution is 7.81. The first kappa shape index (κ1) is 25.5. The molecule has 2 rings (SSSR count). The molecule has 0 heterocycles. The van der Waals surface area contributed by atoms with E-state index < -0.39 is 0 Å². The van der Waals surface area contributed by atoms with Gasteiger partial charge in [0, 0.05) is 37.7 Å². The molecule has 1 amide bonds. The van der Waals surface area contributed by atoms with Gasteiger partial charge in [0.05, 0.1) is 6.61 Å². The number of thiocarbonyl (C=S) groups is 1. The second-order valence-corrected chi connectivity index (χ2v) is 7.58. The van der Waals surface area contributed by atoms with Crippen LogP contribution in [0.1, 0.15) is 42.3 Å². The van der Waals surface area contributed by atoms with Crippen LogP contribution < -0.4 is 5.32 Å². The fraction of sp³-hybridized carbons (Fsp3) is 0.360. The molecular formula is C25H34N2O2S. The molecule has 0 radical (unpaired) electrons. The zero-order valence-corrected chi connectivity index (χ0v) is 20.0. The summed E-state index contributed by atoms with van der Waals surface area (Å²) in [6, 6.07) is 13.9. The number of rotatable bonds is 8. The highest BCUT2D eigenvalue weighted by atomic mass is 32.1. The Labute approximate surface area is 186 Å². The average molecular weight is 427 g/mol. The molecule has 0 aliphatic carbocycles. The number of nitrogens with zero attached hydrogens (tertiary/aromatic N) is 1. The molecule has 0 spiro atoms. The Bertz CT molecular complexity index is 858. The molecule has 0 aliphatic rings. The van der Waals surface area contributed by atoms with E-state index >= 15 is 0 Å². The molecule has 162 valence electrons. The van der Waals surface area contributed by atoms with Crippen LogP contribution in [-0.4, -0.2) is 49.5 Å². The Morgan fingerprint density at radius 1 is 1.10 bits per heavy atom. The predicted octanol–water partition coefficient (Wildman–Crippen LogP) is 5.25. The Kier molecular flexibility index (Phi) is 11.0. The summed E-state index contributed by atoms with van der Waals surface area (Å²) in [4.78, 5) is 15.4. The Morgan fingerprint density at radius 2 is 1.70 bits per heavy atom. The molecule has 0 saturated heterocycles. The molecule has 5 heteroatoms. The van der Waals surface area contributed by atoms with Crippen LogP contribution in [0.25, 0.3) is 11.1 Å². The molecular weight excluding hydrogens is 392 g/mol. The topological polar surface area (TPSA) is 41.6 Å². The van der Waals surface area contributed by atoms with Crippen molar-refractivity contribution in [1.82, 2.24) is 10.2 Å². The number of carbonyl (C=O) groups excluding carboxylic acids is 1. The summed E-state index contributed by atoms with van der Waals surface area (Å²) >= 11 is 5.58. The van der Waals surface area contributed by atoms with E-state index in [9.17, 15) is 4.79 Å². The molecule has 2 aromatic rings. The van der Waals surface area contributed by atoms with Gasteiger partial charge in [-0.1, -0.05) is 55.9 Å². The summed E-state index contributed by atoms with van der Waals surface area (Å²) in [5, 5.41) is 2.97. The summed E-state index contributed by atoms with van der Waals surface area (Å²) in [5.41, 5.74) is 4.62. The molecule has 0 bridgehead atoms. The van der Waals surface area contributed by atoms with Gasteiger partial charge >= 0.3 is 0 Å². The van der Waals surface area contributed by atoms with Crippen molar-refractivity contribution in [2.24, 2.45) is 0 Å². The van der Waals surface area contributed by atoms with E-state index in [-0.39, 0.29) is 11.9 Å². The Hall–Kier alpha value is -2.50. The van der Waals surface area contributed by atoms with Crippen molar-refractivity contribution in [3.63, 3.8) is 0 Å². The predicted molar refractivity (Wildman–Crippen MR) is 131 cm³/mol. The molecule has 0 saturated carbocycles. The van der Waals surface area contributed by atoms with Gasteiger partial charge in [0.25, 0.3) is 5.91 Å². The van der Waals surface area contributed by atoms with Crippen LogP contribution in [0.15, 0.2) is 54.7 Å². The van der Waals surface area contributed by atoms with Crippen molar-refractivity contribution < 1.29 is 9.53 Å². The monoisotopic (exact) mass is 426 g/mol. The maximum Gasteiger partial charge on any atom is 0.251 e. The number of carbonyl (C=O) groups is 1. The molecule has 1 unspecified atom stereocenters. The summed E-state index contributed by atoms with van der Waals surface area (Å²) in [7, 11) is 5.50. The minimum Gasteiger partial charge on any atom is -0.383 e. The van der Waals surface area contributed by atoms with E-state index in [1.807, 2.05) is 70.2 Å². The van der Waals surface area contributed by atoms with Crippen LogP contribution >= 0.6 is 12.2 Å². The van der Waals surface area contributed by atoms with E-state index in [0.29, 0.717) is 17.0 Å². The number of allylic oxidation sites excluding steroid dienone is 1. The first-order chi connectivity index (χ1) is 14.3. The molecule has 2 aromatic carbocycles. The number of benzene rings is 2. The highest BCUT2D eigenvalue weighted by Crippen LogP contribution is 2.24. The zero-order valence-electron chi connectivity index (χ0n) is 19.2. The summed E-state index contributed by atoms with van der Waals surface area (Å²) in [6.45, 7) is 8.42. The van der Waals surface area contributed by atoms with Gasteiger partial charge in [-0.05, 0) is 61.0 Å². The number of nitrogens with one attached hydrogen (secondary N) is 1. The van der Waals surface area contributed by atoms with E-state index in [0.717, 1.165) is 16.7 Å². The van der Waals surface area contributed by atoms with E-state index in [1.54, 1.807) is 7.11 Å². The highest BCUT2D eigenvalue weighted by Gasteiger charge is 2.14. The summed E-state index contributed by atoms with van der Waals surface area (Å²) in [5.74, 6) is -0.140. The van der Waals surface area contributed by atoms with Crippen molar-refractivity contribution in [1.29, 1.82) is 0 Å². The van der Waals surface area contributed by atoms with Gasteiger partial charge in [-0.25, -0.2) is 0 Å². The number of aryl methyl sites for hydroxylation is 1. The van der Waals surface area contributed by atoms with Crippen LogP contribution in [-0.2, 0) is 4.74 Å². The molecule has 0 aliphatic heterocycles. The first-order valence-electron chi connectivity index (χ1n) is 10.2. The van der Waals surface area contributed by atoms with E-state index in [1.165, 1.54) is 5.56 Å². The van der Waals surface area contributed by atoms with Gasteiger partial charge in [0.15, 0.2) is 0 Å². The van der Waals surface area contributed by atoms with Crippen LogP contribution in [0.4, 0.5) is 0 Å². The van der Waals surface area contributed by atoms with Crippen molar-refractivity contribution in [3.05, 3.63) is 71.4 Å². The number of hydrogen-bond donors (Lipinski definition) is 1. The standard InChI is InChI=1S/C23H28N2O2S.C2H6/c1-16-6-8-18(9-7-16)19-12-20(22(28)10-11-25(3)4)14-21(13-19)23(26)24-17(2)15-27-5;1-2/h6-14,17H,15H2,1-5H3,(H,24,26);1-2H3/b11-10-;. The Balaban J connectivity index is 0.00000218. The van der Waals surface area contributed by atoms with Gasteiger partial charge in [-0.15, -0.1) is 0 Å². The third-order valence-corrected chi connectivity index (χ3v) is 4.55. The summed E-state index contributed by atoms with van der Waals surface area (Å²) in [6.07, 6.45) is 3.78. The maximum absolute atomic E-state index is 12.8. The van der Waals surface area contributed by atoms with Gasteiger partial charge in [-0.3, -0.25) is 4.79 Å². The molecule has 30 heavy (non-hydrogen) atoms. The van der Waals surface area contributed by atoms with Gasteiger partial charge in [0.2, 0.25) is 0 Å². The van der Waals surface area contributed by atoms with Crippen LogP contribution in [0.2, 0.25) is 0 Å². The zero-order chi connectivity index (χ0) is 22.7. The average Bonchev–Trinajstić information content (AvgIpc) is 2.73. The molecule has 4 nitrogen and oxygen atoms in total. The fourth-order valence-electron chi connectivity index (χ4n) is 2.73. The van der Waals surface area contributed by atoms with Crippen molar-refractivity contribution in [2.75, 3.05) is 27.8 Å². The Morgan fingerprint density at radius 3 is 2.27 bits per heavy atom. The minimum atomic E-state index is -0.140. The van der Waals surface area contributed by atoms with Crippen molar-refractivity contribution >= 4 is 23.0 Å². The second kappa shape index (κ2) is 12.9. The lowest BCUT2D eigenvalue weighted by atomic mass is 9.97. The van der Waals surface area contributed by atoms with Crippen LogP contribution in [0.5, 0.6) is 0 Å². The number of amides is 1. The fourth-order valence-corrected chi connectivity index (χ4v) is 2.90. The quantitative estimate of drug-likeness (QED) is 0.356. The minimum absolute atomic E-state index is 0.0791. The molecule has 0 aromatic heterocycles. The van der Waals surface area contributed by atoms with E-state index in [4.69, 9.17) is 17.0 Å². The smallest absolute Gasteiger partial charge is 0.251 e. The third kappa shape index (κ3) is 8.09. The molecule has 0 fully saturated rings. The lowest BCUT2D eigenvalue weighted by Crippen LogP contribution is -2.35. The number of methoxy groups -OCH3 is 1. The van der Waals surface area contributed by atoms with Gasteiger partial charge in [0.1, 0.15) is 0 Å².